The molecule has 0 radical (unpaired) electrons. The molecule has 2 rings (SSSR count). The van der Waals surface area contributed by atoms with Crippen molar-refractivity contribution in [2.75, 3.05) is 19.8 Å². The van der Waals surface area contributed by atoms with Crippen LogP contribution in [0.4, 0.5) is 0 Å². The van der Waals surface area contributed by atoms with Gasteiger partial charge in [-0.2, -0.15) is 0 Å². The second kappa shape index (κ2) is 5.37. The molecule has 20 heavy (non-hydrogen) atoms. The highest BCUT2D eigenvalue weighted by Crippen LogP contribution is 2.35. The fraction of sp³-hybridized carbons (Fsp3) is 0.750. The topological polar surface area (TPSA) is 113 Å². The predicted octanol–water partition coefficient (Wildman–Crippen LogP) is -0.474. The van der Waals surface area contributed by atoms with Crippen molar-refractivity contribution in [3.63, 3.8) is 0 Å². The molecule has 2 aliphatic rings. The Kier molecular flexibility index (Phi) is 3.96. The summed E-state index contributed by atoms with van der Waals surface area (Å²) < 4.78 is 10.9. The van der Waals surface area contributed by atoms with Crippen LogP contribution in [-0.2, 0) is 23.9 Å². The molecule has 2 saturated heterocycles. The number of rotatable bonds is 4. The first-order chi connectivity index (χ1) is 9.34. The second-order valence-corrected chi connectivity index (χ2v) is 5.13. The minimum Gasteiger partial charge on any atom is -0.481 e. The molecule has 2 atom stereocenters. The maximum atomic E-state index is 12.2. The summed E-state index contributed by atoms with van der Waals surface area (Å²) in [6.45, 7) is 2.21. The van der Waals surface area contributed by atoms with Gasteiger partial charge in [-0.1, -0.05) is 6.92 Å². The van der Waals surface area contributed by atoms with E-state index in [4.69, 9.17) is 14.6 Å². The summed E-state index contributed by atoms with van der Waals surface area (Å²) in [6, 6.07) is -1.04. The smallest absolute Gasteiger partial charge is 0.326 e. The van der Waals surface area contributed by atoms with Crippen molar-refractivity contribution in [2.45, 2.75) is 31.6 Å². The zero-order valence-electron chi connectivity index (χ0n) is 11.1. The van der Waals surface area contributed by atoms with Crippen LogP contribution < -0.4 is 0 Å². The molecule has 8 heteroatoms. The number of hydrogen-bond donors (Lipinski definition) is 2. The minimum atomic E-state index is -1.14. The normalized spacial score (nSPS) is 25.9. The highest BCUT2D eigenvalue weighted by molar-refractivity contribution is 5.87. The van der Waals surface area contributed by atoms with E-state index in [-0.39, 0.29) is 19.4 Å². The van der Waals surface area contributed by atoms with E-state index in [1.807, 2.05) is 0 Å². The fourth-order valence-corrected chi connectivity index (χ4v) is 2.63. The number of hydrogen-bond acceptors (Lipinski definition) is 5. The predicted molar refractivity (Wildman–Crippen MR) is 63.8 cm³/mol. The molecule has 2 heterocycles. The zero-order chi connectivity index (χ0) is 14.9. The molecule has 1 amide bonds. The number of likely N-dealkylation sites (tertiary alicyclic amines) is 1. The molecule has 0 aliphatic carbocycles. The van der Waals surface area contributed by atoms with Gasteiger partial charge in [0.25, 0.3) is 0 Å². The van der Waals surface area contributed by atoms with Gasteiger partial charge in [0.1, 0.15) is 6.04 Å². The van der Waals surface area contributed by atoms with Crippen LogP contribution in [-0.4, -0.2) is 64.5 Å². The summed E-state index contributed by atoms with van der Waals surface area (Å²) in [5.74, 6) is -4.58. The molecule has 0 aromatic carbocycles. The van der Waals surface area contributed by atoms with Gasteiger partial charge in [-0.15, -0.1) is 0 Å². The SMILES string of the molecule is C[C@H](CC(=O)O)C(=O)N1CC2(C[C@H]1C(=O)O)OCCO2. The Balaban J connectivity index is 2.13. The van der Waals surface area contributed by atoms with Crippen LogP contribution in [0, 0.1) is 5.92 Å². The van der Waals surface area contributed by atoms with Gasteiger partial charge in [-0.3, -0.25) is 9.59 Å². The zero-order valence-corrected chi connectivity index (χ0v) is 11.1. The lowest BCUT2D eigenvalue weighted by atomic mass is 10.1. The summed E-state index contributed by atoms with van der Waals surface area (Å²) in [5.41, 5.74) is 0. The van der Waals surface area contributed by atoms with E-state index in [0.717, 1.165) is 4.90 Å². The molecule has 2 aliphatic heterocycles. The third-order valence-corrected chi connectivity index (χ3v) is 3.58. The number of amides is 1. The van der Waals surface area contributed by atoms with Crippen molar-refractivity contribution in [2.24, 2.45) is 5.92 Å². The lowest BCUT2D eigenvalue weighted by molar-refractivity contribution is -0.155. The Hall–Kier alpha value is -1.67. The molecule has 8 nitrogen and oxygen atoms in total. The van der Waals surface area contributed by atoms with E-state index < -0.39 is 35.6 Å². The van der Waals surface area contributed by atoms with Crippen LogP contribution in [0.15, 0.2) is 0 Å². The summed E-state index contributed by atoms with van der Waals surface area (Å²) in [5, 5.41) is 17.9. The van der Waals surface area contributed by atoms with E-state index in [0.29, 0.717) is 13.2 Å². The van der Waals surface area contributed by atoms with Crippen LogP contribution in [0.3, 0.4) is 0 Å². The van der Waals surface area contributed by atoms with Gasteiger partial charge >= 0.3 is 11.9 Å². The number of carbonyl (C=O) groups excluding carboxylic acids is 1. The molecule has 2 fully saturated rings. The first kappa shape index (κ1) is 14.7. The second-order valence-electron chi connectivity index (χ2n) is 5.13. The standard InChI is InChI=1S/C12H17NO7/c1-7(4-9(14)15)10(16)13-6-12(19-2-3-20-12)5-8(13)11(17)18/h7-8H,2-6H2,1H3,(H,14,15)(H,17,18)/t7-,8+/m1/s1. The van der Waals surface area contributed by atoms with Crippen LogP contribution in [0.2, 0.25) is 0 Å². The Labute approximate surface area is 115 Å². The summed E-state index contributed by atoms with van der Waals surface area (Å²) in [7, 11) is 0. The fourth-order valence-electron chi connectivity index (χ4n) is 2.63. The Morgan fingerprint density at radius 3 is 2.40 bits per heavy atom. The highest BCUT2D eigenvalue weighted by atomic mass is 16.7. The molecule has 0 aromatic heterocycles. The lowest BCUT2D eigenvalue weighted by Crippen LogP contribution is -2.44. The first-order valence-corrected chi connectivity index (χ1v) is 6.38. The molecule has 1 spiro atoms. The Morgan fingerprint density at radius 1 is 1.30 bits per heavy atom. The number of carbonyl (C=O) groups is 3. The van der Waals surface area contributed by atoms with Crippen LogP contribution >= 0.6 is 0 Å². The molecule has 0 aromatic rings. The van der Waals surface area contributed by atoms with E-state index in [2.05, 4.69) is 0 Å². The van der Waals surface area contributed by atoms with Crippen molar-refractivity contribution in [3.05, 3.63) is 0 Å². The van der Waals surface area contributed by atoms with E-state index in [9.17, 15) is 19.5 Å². The van der Waals surface area contributed by atoms with Crippen molar-refractivity contribution in [3.8, 4) is 0 Å². The van der Waals surface area contributed by atoms with Gasteiger partial charge in [0.2, 0.25) is 5.91 Å². The van der Waals surface area contributed by atoms with Crippen molar-refractivity contribution >= 4 is 17.8 Å². The largest absolute Gasteiger partial charge is 0.481 e. The Morgan fingerprint density at radius 2 is 1.90 bits per heavy atom. The van der Waals surface area contributed by atoms with Crippen LogP contribution in [0.5, 0.6) is 0 Å². The van der Waals surface area contributed by atoms with Crippen molar-refractivity contribution < 1.29 is 34.1 Å². The number of nitrogens with zero attached hydrogens (tertiary/aromatic N) is 1. The van der Waals surface area contributed by atoms with Crippen molar-refractivity contribution in [1.82, 2.24) is 4.90 Å². The van der Waals surface area contributed by atoms with Crippen molar-refractivity contribution in [1.29, 1.82) is 0 Å². The van der Waals surface area contributed by atoms with Gasteiger partial charge in [0.05, 0.1) is 26.2 Å². The molecule has 112 valence electrons. The quantitative estimate of drug-likeness (QED) is 0.718. The number of ether oxygens (including phenoxy) is 2. The van der Waals surface area contributed by atoms with E-state index in [1.165, 1.54) is 6.92 Å². The number of carboxylic acids is 2. The monoisotopic (exact) mass is 287 g/mol. The third kappa shape index (κ3) is 2.75. The molecule has 0 bridgehead atoms. The number of carboxylic acid groups (broad SMARTS) is 2. The molecular formula is C12H17NO7. The average molecular weight is 287 g/mol. The van der Waals surface area contributed by atoms with Crippen LogP contribution in [0.25, 0.3) is 0 Å². The Bertz CT molecular complexity index is 430. The van der Waals surface area contributed by atoms with Gasteiger partial charge in [-0.25, -0.2) is 4.79 Å². The minimum absolute atomic E-state index is 0.0206. The van der Waals surface area contributed by atoms with Crippen LogP contribution in [0.1, 0.15) is 19.8 Å². The molecule has 0 saturated carbocycles. The lowest BCUT2D eigenvalue weighted by Gasteiger charge is -2.25. The molecular weight excluding hydrogens is 270 g/mol. The average Bonchev–Trinajstić information content (AvgIpc) is 2.96. The summed E-state index contributed by atoms with van der Waals surface area (Å²) >= 11 is 0. The third-order valence-electron chi connectivity index (χ3n) is 3.58. The summed E-state index contributed by atoms with van der Waals surface area (Å²) in [6.07, 6.45) is -0.274. The van der Waals surface area contributed by atoms with Gasteiger partial charge in [-0.05, 0) is 0 Å². The molecule has 0 unspecified atom stereocenters. The maximum Gasteiger partial charge on any atom is 0.326 e. The number of aliphatic carboxylic acids is 2. The van der Waals surface area contributed by atoms with Gasteiger partial charge < -0.3 is 24.6 Å². The van der Waals surface area contributed by atoms with E-state index in [1.54, 1.807) is 0 Å². The van der Waals surface area contributed by atoms with E-state index >= 15 is 0 Å². The highest BCUT2D eigenvalue weighted by Gasteiger charge is 2.53. The van der Waals surface area contributed by atoms with Gasteiger partial charge in [0.15, 0.2) is 5.79 Å². The summed E-state index contributed by atoms with van der Waals surface area (Å²) in [4.78, 5) is 35.3. The maximum absolute atomic E-state index is 12.2. The van der Waals surface area contributed by atoms with Gasteiger partial charge in [0, 0.05) is 12.3 Å². The molecule has 2 N–H and O–H groups in total. The first-order valence-electron chi connectivity index (χ1n) is 6.38.